The quantitative estimate of drug-likeness (QED) is 0.928. The molecule has 1 aliphatic heterocycles. The second-order valence-corrected chi connectivity index (χ2v) is 5.91. The zero-order valence-corrected chi connectivity index (χ0v) is 11.8. The van der Waals surface area contributed by atoms with E-state index in [-0.39, 0.29) is 0 Å². The molecule has 6 heteroatoms. The van der Waals surface area contributed by atoms with Crippen molar-refractivity contribution in [2.75, 3.05) is 18.0 Å². The smallest absolute Gasteiger partial charge is 0.244 e. The normalized spacial score (nSPS) is 20.6. The van der Waals surface area contributed by atoms with Gasteiger partial charge in [0.15, 0.2) is 0 Å². The van der Waals surface area contributed by atoms with E-state index < -0.39 is 0 Å². The maximum atomic E-state index is 4.56. The summed E-state index contributed by atoms with van der Waals surface area (Å²) in [5.41, 5.74) is 1.44. The summed E-state index contributed by atoms with van der Waals surface area (Å²) < 4.78 is 2.28. The largest absolute Gasteiger partial charge is 0.339 e. The van der Waals surface area contributed by atoms with Crippen molar-refractivity contribution in [1.82, 2.24) is 25.0 Å². The summed E-state index contributed by atoms with van der Waals surface area (Å²) in [5, 5.41) is 11.7. The Morgan fingerprint density at radius 1 is 1.20 bits per heavy atom. The van der Waals surface area contributed by atoms with E-state index in [9.17, 15) is 0 Å². The monoisotopic (exact) mass is 272 g/mol. The van der Waals surface area contributed by atoms with Gasteiger partial charge in [-0.2, -0.15) is 10.1 Å². The lowest BCUT2D eigenvalue weighted by molar-refractivity contribution is 0.356. The molecule has 106 valence electrons. The lowest BCUT2D eigenvalue weighted by Crippen LogP contribution is -2.36. The SMILES string of the molecule is Cc1nc(N2CCC(n3nccc3C3CC3)CC2)n[nH]1. The summed E-state index contributed by atoms with van der Waals surface area (Å²) in [7, 11) is 0. The Bertz CT molecular complexity index is 588. The number of anilines is 1. The van der Waals surface area contributed by atoms with Gasteiger partial charge in [0.05, 0.1) is 6.04 Å². The van der Waals surface area contributed by atoms with E-state index in [2.05, 4.69) is 35.9 Å². The number of aromatic nitrogens is 5. The lowest BCUT2D eigenvalue weighted by atomic mass is 10.0. The van der Waals surface area contributed by atoms with Gasteiger partial charge in [0, 0.05) is 30.9 Å². The van der Waals surface area contributed by atoms with Crippen LogP contribution >= 0.6 is 0 Å². The molecule has 0 atom stereocenters. The summed E-state index contributed by atoms with van der Waals surface area (Å²) in [6, 6.07) is 2.74. The van der Waals surface area contributed by atoms with Crippen LogP contribution in [0.15, 0.2) is 12.3 Å². The maximum Gasteiger partial charge on any atom is 0.244 e. The molecule has 0 aromatic carbocycles. The van der Waals surface area contributed by atoms with Crippen molar-refractivity contribution in [2.45, 2.75) is 44.6 Å². The van der Waals surface area contributed by atoms with Crippen LogP contribution in [0.5, 0.6) is 0 Å². The first-order valence-electron chi connectivity index (χ1n) is 7.48. The topological polar surface area (TPSA) is 62.6 Å². The highest BCUT2D eigenvalue weighted by molar-refractivity contribution is 5.29. The van der Waals surface area contributed by atoms with Gasteiger partial charge in [-0.15, -0.1) is 5.10 Å². The van der Waals surface area contributed by atoms with Gasteiger partial charge in [0.25, 0.3) is 0 Å². The molecule has 2 aromatic heterocycles. The standard InChI is InChI=1S/C14H20N6/c1-10-16-14(18-17-10)19-8-5-12(6-9-19)20-13(4-7-15-20)11-2-3-11/h4,7,11-12H,2-3,5-6,8-9H2,1H3,(H,16,17,18). The van der Waals surface area contributed by atoms with Crippen LogP contribution in [-0.2, 0) is 0 Å². The van der Waals surface area contributed by atoms with E-state index in [0.29, 0.717) is 6.04 Å². The fourth-order valence-corrected chi connectivity index (χ4v) is 3.11. The van der Waals surface area contributed by atoms with Crippen molar-refractivity contribution < 1.29 is 0 Å². The number of piperidine rings is 1. The average Bonchev–Trinajstić information content (AvgIpc) is 3.04. The van der Waals surface area contributed by atoms with Gasteiger partial charge in [-0.3, -0.25) is 9.78 Å². The van der Waals surface area contributed by atoms with Crippen LogP contribution in [0.3, 0.4) is 0 Å². The van der Waals surface area contributed by atoms with Crippen LogP contribution in [0.1, 0.15) is 49.2 Å². The van der Waals surface area contributed by atoms with Gasteiger partial charge < -0.3 is 4.90 Å². The van der Waals surface area contributed by atoms with Gasteiger partial charge in [-0.25, -0.2) is 0 Å². The van der Waals surface area contributed by atoms with Crippen LogP contribution in [0, 0.1) is 6.92 Å². The minimum absolute atomic E-state index is 0.539. The molecule has 0 amide bonds. The molecule has 0 bridgehead atoms. The summed E-state index contributed by atoms with van der Waals surface area (Å²) in [6.45, 7) is 3.95. The van der Waals surface area contributed by atoms with Crippen molar-refractivity contribution in [3.63, 3.8) is 0 Å². The highest BCUT2D eigenvalue weighted by Gasteiger charge is 2.30. The van der Waals surface area contributed by atoms with Crippen LogP contribution in [0.4, 0.5) is 5.95 Å². The summed E-state index contributed by atoms with van der Waals surface area (Å²) >= 11 is 0. The number of hydrogen-bond acceptors (Lipinski definition) is 4. The number of aryl methyl sites for hydroxylation is 1. The van der Waals surface area contributed by atoms with Crippen molar-refractivity contribution in [3.8, 4) is 0 Å². The first kappa shape index (κ1) is 11.9. The minimum Gasteiger partial charge on any atom is -0.339 e. The molecular formula is C14H20N6. The van der Waals surface area contributed by atoms with Gasteiger partial charge >= 0.3 is 0 Å². The van der Waals surface area contributed by atoms with E-state index in [1.165, 1.54) is 18.5 Å². The van der Waals surface area contributed by atoms with Crippen LogP contribution < -0.4 is 4.90 Å². The zero-order valence-electron chi connectivity index (χ0n) is 11.8. The minimum atomic E-state index is 0.539. The lowest BCUT2D eigenvalue weighted by Gasteiger charge is -2.32. The fraction of sp³-hybridized carbons (Fsp3) is 0.643. The molecule has 2 fully saturated rings. The van der Waals surface area contributed by atoms with Crippen LogP contribution in [0.25, 0.3) is 0 Å². The Kier molecular flexibility index (Phi) is 2.75. The third kappa shape index (κ3) is 2.09. The highest BCUT2D eigenvalue weighted by atomic mass is 15.4. The van der Waals surface area contributed by atoms with Gasteiger partial charge in [0.1, 0.15) is 5.82 Å². The molecule has 20 heavy (non-hydrogen) atoms. The molecule has 2 aromatic rings. The number of nitrogens with one attached hydrogen (secondary N) is 1. The fourth-order valence-electron chi connectivity index (χ4n) is 3.11. The van der Waals surface area contributed by atoms with Crippen molar-refractivity contribution in [3.05, 3.63) is 23.8 Å². The van der Waals surface area contributed by atoms with Crippen molar-refractivity contribution >= 4 is 5.95 Å². The van der Waals surface area contributed by atoms with Crippen molar-refractivity contribution in [2.24, 2.45) is 0 Å². The van der Waals surface area contributed by atoms with E-state index in [1.54, 1.807) is 0 Å². The van der Waals surface area contributed by atoms with E-state index in [1.807, 2.05) is 13.1 Å². The number of aromatic amines is 1. The Morgan fingerprint density at radius 3 is 2.65 bits per heavy atom. The predicted molar refractivity (Wildman–Crippen MR) is 75.8 cm³/mol. The van der Waals surface area contributed by atoms with Crippen molar-refractivity contribution in [1.29, 1.82) is 0 Å². The molecule has 2 aliphatic rings. The van der Waals surface area contributed by atoms with E-state index in [4.69, 9.17) is 0 Å². The third-order valence-electron chi connectivity index (χ3n) is 4.38. The molecule has 4 rings (SSSR count). The molecule has 0 spiro atoms. The molecule has 6 nitrogen and oxygen atoms in total. The zero-order chi connectivity index (χ0) is 13.5. The molecule has 0 radical (unpaired) electrons. The molecule has 1 aliphatic carbocycles. The molecule has 1 saturated heterocycles. The maximum absolute atomic E-state index is 4.56. The van der Waals surface area contributed by atoms with Gasteiger partial charge in [0.2, 0.25) is 5.95 Å². The number of H-pyrrole nitrogens is 1. The van der Waals surface area contributed by atoms with Gasteiger partial charge in [-0.05, 0) is 38.7 Å². The summed E-state index contributed by atoms with van der Waals surface area (Å²) in [6.07, 6.45) is 6.87. The number of hydrogen-bond donors (Lipinski definition) is 1. The Labute approximate surface area is 118 Å². The first-order chi connectivity index (χ1) is 9.81. The van der Waals surface area contributed by atoms with Gasteiger partial charge in [-0.1, -0.05) is 0 Å². The van der Waals surface area contributed by atoms with Crippen LogP contribution in [-0.4, -0.2) is 38.1 Å². The average molecular weight is 272 g/mol. The molecule has 1 saturated carbocycles. The van der Waals surface area contributed by atoms with E-state index >= 15 is 0 Å². The molecular weight excluding hydrogens is 252 g/mol. The first-order valence-corrected chi connectivity index (χ1v) is 7.48. The Hall–Kier alpha value is -1.85. The summed E-state index contributed by atoms with van der Waals surface area (Å²) in [5.74, 6) is 2.49. The summed E-state index contributed by atoms with van der Waals surface area (Å²) in [4.78, 5) is 6.68. The number of rotatable bonds is 3. The third-order valence-corrected chi connectivity index (χ3v) is 4.38. The Balaban J connectivity index is 1.45. The van der Waals surface area contributed by atoms with E-state index in [0.717, 1.165) is 43.6 Å². The molecule has 3 heterocycles. The number of nitrogens with zero attached hydrogens (tertiary/aromatic N) is 5. The molecule has 0 unspecified atom stereocenters. The predicted octanol–water partition coefficient (Wildman–Crippen LogP) is 2.03. The second-order valence-electron chi connectivity index (χ2n) is 5.91. The van der Waals surface area contributed by atoms with Crippen LogP contribution in [0.2, 0.25) is 0 Å². The Morgan fingerprint density at radius 2 is 2.00 bits per heavy atom. The second kappa shape index (κ2) is 4.61. The highest BCUT2D eigenvalue weighted by Crippen LogP contribution is 2.41. The molecule has 1 N–H and O–H groups in total.